The molecule has 2 aromatic heterocycles. The van der Waals surface area contributed by atoms with Crippen LogP contribution in [-0.4, -0.2) is 14.6 Å². The molecule has 0 saturated carbocycles. The van der Waals surface area contributed by atoms with Gasteiger partial charge in [0, 0.05) is 22.1 Å². The van der Waals surface area contributed by atoms with Crippen LogP contribution < -0.4 is 11.2 Å². The number of hydrogen-bond donors (Lipinski definition) is 3. The Morgan fingerprint density at radius 3 is 2.72 bits per heavy atom. The second kappa shape index (κ2) is 5.32. The molecule has 0 atom stereocenters. The first kappa shape index (κ1) is 15.6. The van der Waals surface area contributed by atoms with Crippen molar-refractivity contribution < 1.29 is 13.2 Å². The van der Waals surface area contributed by atoms with E-state index >= 15 is 0 Å². The molecule has 0 bridgehead atoms. The first-order valence-electron chi connectivity index (χ1n) is 7.21. The van der Waals surface area contributed by atoms with E-state index in [0.29, 0.717) is 16.2 Å². The van der Waals surface area contributed by atoms with E-state index in [-0.39, 0.29) is 11.5 Å². The number of aromatic nitrogens is 3. The highest BCUT2D eigenvalue weighted by Gasteiger charge is 2.31. The normalized spacial score (nSPS) is 12.2. The Kier molecular flexibility index (Phi) is 3.33. The lowest BCUT2D eigenvalue weighted by Gasteiger charge is -2.06. The van der Waals surface area contributed by atoms with E-state index in [2.05, 4.69) is 15.3 Å². The van der Waals surface area contributed by atoms with Gasteiger partial charge < -0.3 is 16.1 Å². The molecule has 0 aliphatic carbocycles. The fourth-order valence-corrected chi connectivity index (χ4v) is 2.85. The van der Waals surface area contributed by atoms with Crippen molar-refractivity contribution in [2.75, 3.05) is 11.2 Å². The third kappa shape index (κ3) is 2.64. The molecule has 0 radical (unpaired) electrons. The van der Waals surface area contributed by atoms with Crippen molar-refractivity contribution in [1.29, 1.82) is 0 Å². The van der Waals surface area contributed by atoms with Crippen molar-refractivity contribution in [2.24, 2.45) is 0 Å². The van der Waals surface area contributed by atoms with Gasteiger partial charge in [0.25, 0.3) is 0 Å². The Balaban J connectivity index is 1.78. The molecule has 0 fully saturated rings. The summed E-state index contributed by atoms with van der Waals surface area (Å²) in [5.41, 5.74) is 1.27. The van der Waals surface area contributed by atoms with Gasteiger partial charge in [-0.3, -0.25) is 0 Å². The molecule has 5 nitrogen and oxygen atoms in total. The molecule has 25 heavy (non-hydrogen) atoms. The number of halogens is 4. The van der Waals surface area contributed by atoms with E-state index in [9.17, 15) is 13.2 Å². The lowest BCUT2D eigenvalue weighted by atomic mass is 10.2. The first-order chi connectivity index (χ1) is 11.8. The maximum Gasteiger partial charge on any atom is 0.416 e. The molecule has 4 rings (SSSR count). The van der Waals surface area contributed by atoms with Gasteiger partial charge in [-0.1, -0.05) is 11.6 Å². The number of rotatable bonds is 2. The summed E-state index contributed by atoms with van der Waals surface area (Å²) in [6.45, 7) is 0. The van der Waals surface area contributed by atoms with Crippen LogP contribution in [-0.2, 0) is 6.18 Å². The van der Waals surface area contributed by atoms with Gasteiger partial charge in [0.05, 0.1) is 22.3 Å². The summed E-state index contributed by atoms with van der Waals surface area (Å²) in [5.74, 6) is 6.18. The standard InChI is InChI=1S/C16H11ClF3N5/c17-9-2-3-11-10(6-9)13(7-22-11)24-15-23-12-5-8(16(18,19)20)1-4-14(12)25(15)21/h1-7,22H,21H2,(H,23,24). The molecule has 2 heterocycles. The molecule has 0 saturated heterocycles. The van der Waals surface area contributed by atoms with Gasteiger partial charge in [0.2, 0.25) is 5.95 Å². The van der Waals surface area contributed by atoms with Crippen LogP contribution in [0.2, 0.25) is 5.02 Å². The minimum Gasteiger partial charge on any atom is -0.359 e. The third-order valence-corrected chi connectivity index (χ3v) is 4.14. The van der Waals surface area contributed by atoms with Crippen molar-refractivity contribution in [3.8, 4) is 0 Å². The highest BCUT2D eigenvalue weighted by Crippen LogP contribution is 2.33. The molecule has 128 valence electrons. The molecule has 4 aromatic rings. The maximum atomic E-state index is 12.8. The van der Waals surface area contributed by atoms with Crippen LogP contribution in [0.3, 0.4) is 0 Å². The summed E-state index contributed by atoms with van der Waals surface area (Å²) >= 11 is 6.01. The Hall–Kier alpha value is -2.87. The Morgan fingerprint density at radius 2 is 1.96 bits per heavy atom. The maximum absolute atomic E-state index is 12.8. The van der Waals surface area contributed by atoms with Crippen LogP contribution in [0.5, 0.6) is 0 Å². The molecular weight excluding hydrogens is 355 g/mol. The van der Waals surface area contributed by atoms with Crippen molar-refractivity contribution >= 4 is 45.2 Å². The average Bonchev–Trinajstić information content (AvgIpc) is 3.08. The number of H-pyrrole nitrogens is 1. The molecule has 0 aliphatic rings. The van der Waals surface area contributed by atoms with E-state index in [1.165, 1.54) is 10.7 Å². The molecule has 9 heteroatoms. The van der Waals surface area contributed by atoms with Gasteiger partial charge in [-0.05, 0) is 36.4 Å². The first-order valence-corrected chi connectivity index (χ1v) is 7.59. The van der Waals surface area contributed by atoms with Crippen LogP contribution in [0.1, 0.15) is 5.56 Å². The number of nitrogens with two attached hydrogens (primary N) is 1. The van der Waals surface area contributed by atoms with E-state index in [1.807, 2.05) is 6.07 Å². The Labute approximate surface area is 144 Å². The van der Waals surface area contributed by atoms with Crippen molar-refractivity contribution in [3.05, 3.63) is 53.2 Å². The Morgan fingerprint density at radius 1 is 1.16 bits per heavy atom. The zero-order valence-electron chi connectivity index (χ0n) is 12.5. The second-order valence-electron chi connectivity index (χ2n) is 5.52. The van der Waals surface area contributed by atoms with Gasteiger partial charge in [-0.25, -0.2) is 9.66 Å². The van der Waals surface area contributed by atoms with Crippen molar-refractivity contribution in [2.45, 2.75) is 6.18 Å². The summed E-state index contributed by atoms with van der Waals surface area (Å²) in [6, 6.07) is 8.58. The zero-order valence-corrected chi connectivity index (χ0v) is 13.3. The lowest BCUT2D eigenvalue weighted by Crippen LogP contribution is -2.11. The molecule has 0 spiro atoms. The summed E-state index contributed by atoms with van der Waals surface area (Å²) in [6.07, 6.45) is -2.73. The van der Waals surface area contributed by atoms with Crippen LogP contribution in [0.4, 0.5) is 24.8 Å². The topological polar surface area (TPSA) is 71.7 Å². The van der Waals surface area contributed by atoms with Gasteiger partial charge in [-0.15, -0.1) is 0 Å². The molecule has 0 unspecified atom stereocenters. The summed E-state index contributed by atoms with van der Waals surface area (Å²) in [4.78, 5) is 7.24. The van der Waals surface area contributed by atoms with E-state index < -0.39 is 11.7 Å². The number of nitrogens with zero attached hydrogens (tertiary/aromatic N) is 2. The number of fused-ring (bicyclic) bond motifs is 2. The van der Waals surface area contributed by atoms with Crippen molar-refractivity contribution in [1.82, 2.24) is 14.6 Å². The molecular formula is C16H11ClF3N5. The zero-order chi connectivity index (χ0) is 17.8. The molecule has 0 aliphatic heterocycles. The van der Waals surface area contributed by atoms with Crippen LogP contribution in [0, 0.1) is 0 Å². The number of anilines is 2. The summed E-state index contributed by atoms with van der Waals surface area (Å²) in [5, 5.41) is 4.40. The average molecular weight is 366 g/mol. The van der Waals surface area contributed by atoms with E-state index in [0.717, 1.165) is 23.0 Å². The fourth-order valence-electron chi connectivity index (χ4n) is 2.68. The highest BCUT2D eigenvalue weighted by molar-refractivity contribution is 6.31. The predicted octanol–water partition coefficient (Wildman–Crippen LogP) is 4.65. The highest BCUT2D eigenvalue weighted by atomic mass is 35.5. The summed E-state index contributed by atoms with van der Waals surface area (Å²) in [7, 11) is 0. The number of hydrogen-bond acceptors (Lipinski definition) is 3. The number of alkyl halides is 3. The largest absolute Gasteiger partial charge is 0.416 e. The molecule has 0 amide bonds. The smallest absolute Gasteiger partial charge is 0.359 e. The van der Waals surface area contributed by atoms with Gasteiger partial charge in [0.15, 0.2) is 0 Å². The Bertz CT molecular complexity index is 1100. The number of aromatic amines is 1. The monoisotopic (exact) mass is 365 g/mol. The van der Waals surface area contributed by atoms with Crippen LogP contribution in [0.25, 0.3) is 21.9 Å². The number of imidazole rings is 1. The van der Waals surface area contributed by atoms with Gasteiger partial charge in [-0.2, -0.15) is 13.2 Å². The molecule has 4 N–H and O–H groups in total. The fraction of sp³-hybridized carbons (Fsp3) is 0.0625. The molecule has 2 aromatic carbocycles. The van der Waals surface area contributed by atoms with Crippen LogP contribution in [0.15, 0.2) is 42.6 Å². The van der Waals surface area contributed by atoms with Crippen LogP contribution >= 0.6 is 11.6 Å². The summed E-state index contributed by atoms with van der Waals surface area (Å²) < 4.78 is 39.7. The second-order valence-corrected chi connectivity index (χ2v) is 5.96. The van der Waals surface area contributed by atoms with E-state index in [4.69, 9.17) is 17.4 Å². The minimum absolute atomic E-state index is 0.151. The quantitative estimate of drug-likeness (QED) is 0.453. The predicted molar refractivity (Wildman–Crippen MR) is 91.5 cm³/mol. The number of nitrogens with one attached hydrogen (secondary N) is 2. The van der Waals surface area contributed by atoms with E-state index in [1.54, 1.807) is 18.3 Å². The third-order valence-electron chi connectivity index (χ3n) is 3.91. The number of nitrogen functional groups attached to an aromatic ring is 1. The van der Waals surface area contributed by atoms with Gasteiger partial charge in [0.1, 0.15) is 0 Å². The number of benzene rings is 2. The van der Waals surface area contributed by atoms with Gasteiger partial charge >= 0.3 is 6.18 Å². The SMILES string of the molecule is Nn1c(Nc2c[nH]c3ccc(Cl)cc23)nc2cc(C(F)(F)F)ccc21. The lowest BCUT2D eigenvalue weighted by molar-refractivity contribution is -0.137. The minimum atomic E-state index is -4.44. The van der Waals surface area contributed by atoms with Crippen molar-refractivity contribution in [3.63, 3.8) is 0 Å².